The van der Waals surface area contributed by atoms with Crippen LogP contribution in [0.3, 0.4) is 0 Å². The van der Waals surface area contributed by atoms with E-state index in [9.17, 15) is 13.2 Å². The Morgan fingerprint density at radius 2 is 2.09 bits per heavy atom. The molecule has 8 heteroatoms. The number of hydrogen-bond acceptors (Lipinski definition) is 5. The first kappa shape index (κ1) is 17.6. The maximum Gasteiger partial charge on any atom is 0.387 e. The van der Waals surface area contributed by atoms with Crippen LogP contribution in [0, 0.1) is 5.82 Å². The largest absolute Gasteiger partial charge is 0.434 e. The molecular weight excluding hydrogens is 327 g/mol. The molecule has 0 aliphatic heterocycles. The zero-order valence-corrected chi connectivity index (χ0v) is 13.8. The zero-order chi connectivity index (χ0) is 17.0. The van der Waals surface area contributed by atoms with Gasteiger partial charge in [-0.3, -0.25) is 0 Å². The number of hydrogen-bond donors (Lipinski definition) is 1. The van der Waals surface area contributed by atoms with Gasteiger partial charge in [0.15, 0.2) is 5.13 Å². The number of rotatable bonds is 7. The molecular formula is C15H18F3N3OS. The van der Waals surface area contributed by atoms with Crippen molar-refractivity contribution in [1.29, 1.82) is 0 Å². The molecule has 0 aliphatic rings. The molecule has 0 fully saturated rings. The van der Waals surface area contributed by atoms with Gasteiger partial charge in [-0.05, 0) is 13.0 Å². The average molecular weight is 345 g/mol. The monoisotopic (exact) mass is 345 g/mol. The van der Waals surface area contributed by atoms with Gasteiger partial charge in [0.1, 0.15) is 11.6 Å². The van der Waals surface area contributed by atoms with Crippen molar-refractivity contribution in [3.8, 4) is 5.75 Å². The Morgan fingerprint density at radius 1 is 1.35 bits per heavy atom. The third-order valence-corrected chi connectivity index (χ3v) is 4.23. The molecule has 0 radical (unpaired) electrons. The van der Waals surface area contributed by atoms with Gasteiger partial charge in [0.2, 0.25) is 0 Å². The first-order valence-corrected chi connectivity index (χ1v) is 7.84. The first-order chi connectivity index (χ1) is 10.9. The Hall–Kier alpha value is -1.80. The van der Waals surface area contributed by atoms with Crippen molar-refractivity contribution < 1.29 is 17.9 Å². The summed E-state index contributed by atoms with van der Waals surface area (Å²) in [6.45, 7) is -0.731. The number of alkyl halides is 2. The highest BCUT2D eigenvalue weighted by Gasteiger charge is 2.16. The lowest BCUT2D eigenvalue weighted by Crippen LogP contribution is -2.20. The molecule has 1 heterocycles. The Labute approximate surface area is 136 Å². The van der Waals surface area contributed by atoms with Crippen LogP contribution in [0.25, 0.3) is 0 Å². The van der Waals surface area contributed by atoms with Crippen LogP contribution in [0.5, 0.6) is 5.75 Å². The summed E-state index contributed by atoms with van der Waals surface area (Å²) < 4.78 is 42.5. The summed E-state index contributed by atoms with van der Waals surface area (Å²) in [5.41, 5.74) is 1.32. The third kappa shape index (κ3) is 4.84. The van der Waals surface area contributed by atoms with E-state index >= 15 is 0 Å². The molecule has 2 aromatic rings. The topological polar surface area (TPSA) is 37.4 Å². The van der Waals surface area contributed by atoms with Crippen LogP contribution < -0.4 is 15.0 Å². The van der Waals surface area contributed by atoms with E-state index in [1.807, 2.05) is 24.4 Å². The Balaban J connectivity index is 2.06. The fourth-order valence-electron chi connectivity index (χ4n) is 2.01. The lowest BCUT2D eigenvalue weighted by molar-refractivity contribution is -0.0508. The summed E-state index contributed by atoms with van der Waals surface area (Å²) in [6.07, 6.45) is 0. The number of ether oxygens (including phenoxy) is 1. The highest BCUT2D eigenvalue weighted by Crippen LogP contribution is 2.28. The molecule has 23 heavy (non-hydrogen) atoms. The standard InChI is InChI=1S/C15H18F3N3OS/c1-9(19-7-11-8-23-15(20-11)21(2)3)12-5-4-10(16)6-13(12)22-14(17)18/h4-6,8-9,14,19H,7H2,1-3H3/t9-/m0/s1. The molecule has 0 unspecified atom stereocenters. The molecule has 0 amide bonds. The molecule has 1 N–H and O–H groups in total. The fourth-order valence-corrected chi connectivity index (χ4v) is 2.77. The van der Waals surface area contributed by atoms with E-state index < -0.39 is 12.4 Å². The predicted octanol–water partition coefficient (Wildman–Crippen LogP) is 3.80. The molecule has 1 aromatic carbocycles. The summed E-state index contributed by atoms with van der Waals surface area (Å²) >= 11 is 1.52. The molecule has 126 valence electrons. The summed E-state index contributed by atoms with van der Waals surface area (Å²) in [5, 5.41) is 5.99. The molecule has 0 saturated carbocycles. The van der Waals surface area contributed by atoms with Gasteiger partial charge in [-0.15, -0.1) is 11.3 Å². The van der Waals surface area contributed by atoms with Crippen molar-refractivity contribution in [2.45, 2.75) is 26.1 Å². The van der Waals surface area contributed by atoms with Crippen molar-refractivity contribution in [3.63, 3.8) is 0 Å². The van der Waals surface area contributed by atoms with Gasteiger partial charge < -0.3 is 15.0 Å². The number of anilines is 1. The quantitative estimate of drug-likeness (QED) is 0.828. The molecule has 1 aromatic heterocycles. The van der Waals surface area contributed by atoms with Gasteiger partial charge >= 0.3 is 6.61 Å². The van der Waals surface area contributed by atoms with Gasteiger partial charge in [0.25, 0.3) is 0 Å². The van der Waals surface area contributed by atoms with E-state index in [0.29, 0.717) is 12.1 Å². The number of aromatic nitrogens is 1. The molecule has 4 nitrogen and oxygen atoms in total. The minimum absolute atomic E-state index is 0.160. The maximum atomic E-state index is 13.2. The highest BCUT2D eigenvalue weighted by molar-refractivity contribution is 7.13. The van der Waals surface area contributed by atoms with E-state index in [1.165, 1.54) is 23.5 Å². The Morgan fingerprint density at radius 3 is 2.70 bits per heavy atom. The molecule has 0 aliphatic carbocycles. The van der Waals surface area contributed by atoms with Gasteiger partial charge in [-0.2, -0.15) is 8.78 Å². The molecule has 1 atom stereocenters. The highest BCUT2D eigenvalue weighted by atomic mass is 32.1. The van der Waals surface area contributed by atoms with Crippen LogP contribution in [0.15, 0.2) is 23.6 Å². The fraction of sp³-hybridized carbons (Fsp3) is 0.400. The third-order valence-electron chi connectivity index (χ3n) is 3.17. The molecule has 2 rings (SSSR count). The van der Waals surface area contributed by atoms with Gasteiger partial charge in [0.05, 0.1) is 5.69 Å². The van der Waals surface area contributed by atoms with Crippen molar-refractivity contribution in [3.05, 3.63) is 40.7 Å². The van der Waals surface area contributed by atoms with E-state index in [2.05, 4.69) is 15.0 Å². The minimum atomic E-state index is -3.00. The molecule has 0 spiro atoms. The zero-order valence-electron chi connectivity index (χ0n) is 13.0. The SMILES string of the molecule is C[C@H](NCc1csc(N(C)C)n1)c1ccc(F)cc1OC(F)F. The summed E-state index contributed by atoms with van der Waals surface area (Å²) in [4.78, 5) is 6.34. The smallest absolute Gasteiger partial charge is 0.387 e. The van der Waals surface area contributed by atoms with Gasteiger partial charge in [-0.1, -0.05) is 6.07 Å². The second-order valence-electron chi connectivity index (χ2n) is 5.18. The first-order valence-electron chi connectivity index (χ1n) is 6.96. The summed E-state index contributed by atoms with van der Waals surface area (Å²) in [5.74, 6) is -0.779. The second-order valence-corrected chi connectivity index (χ2v) is 6.02. The van der Waals surface area contributed by atoms with E-state index in [4.69, 9.17) is 0 Å². The maximum absolute atomic E-state index is 13.2. The van der Waals surface area contributed by atoms with Crippen molar-refractivity contribution in [2.75, 3.05) is 19.0 Å². The predicted molar refractivity (Wildman–Crippen MR) is 84.7 cm³/mol. The minimum Gasteiger partial charge on any atom is -0.434 e. The van der Waals surface area contributed by atoms with Crippen LogP contribution >= 0.6 is 11.3 Å². The van der Waals surface area contributed by atoms with Crippen molar-refractivity contribution in [1.82, 2.24) is 10.3 Å². The van der Waals surface area contributed by atoms with Crippen LogP contribution in [0.2, 0.25) is 0 Å². The number of thiazole rings is 1. The number of nitrogens with zero attached hydrogens (tertiary/aromatic N) is 2. The lowest BCUT2D eigenvalue weighted by atomic mass is 10.1. The molecule has 0 bridgehead atoms. The number of benzene rings is 1. The Bertz CT molecular complexity index is 649. The number of nitrogens with one attached hydrogen (secondary N) is 1. The van der Waals surface area contributed by atoms with Gasteiger partial charge in [0, 0.05) is 43.7 Å². The summed E-state index contributed by atoms with van der Waals surface area (Å²) in [6, 6.07) is 3.33. The van der Waals surface area contributed by atoms with Crippen molar-refractivity contribution in [2.24, 2.45) is 0 Å². The average Bonchev–Trinajstić information content (AvgIpc) is 2.93. The van der Waals surface area contributed by atoms with E-state index in [1.54, 1.807) is 6.92 Å². The molecule has 0 saturated heterocycles. The van der Waals surface area contributed by atoms with Gasteiger partial charge in [-0.25, -0.2) is 9.37 Å². The lowest BCUT2D eigenvalue weighted by Gasteiger charge is -2.17. The second kappa shape index (κ2) is 7.65. The van der Waals surface area contributed by atoms with Crippen LogP contribution in [-0.2, 0) is 6.54 Å². The van der Waals surface area contributed by atoms with E-state index in [-0.39, 0.29) is 11.8 Å². The summed E-state index contributed by atoms with van der Waals surface area (Å²) in [7, 11) is 3.82. The van der Waals surface area contributed by atoms with Crippen LogP contribution in [0.4, 0.5) is 18.3 Å². The van der Waals surface area contributed by atoms with Crippen LogP contribution in [-0.4, -0.2) is 25.7 Å². The Kier molecular flexibility index (Phi) is 5.84. The normalized spacial score (nSPS) is 12.5. The number of halogens is 3. The van der Waals surface area contributed by atoms with E-state index in [0.717, 1.165) is 16.9 Å². The van der Waals surface area contributed by atoms with Crippen molar-refractivity contribution >= 4 is 16.5 Å². The van der Waals surface area contributed by atoms with Crippen LogP contribution in [0.1, 0.15) is 24.2 Å².